The van der Waals surface area contributed by atoms with Crippen LogP contribution in [0.2, 0.25) is 5.02 Å². The Morgan fingerprint density at radius 2 is 2.27 bits per heavy atom. The number of rotatable bonds is 1. The molecule has 1 aliphatic rings. The average molecular weight is 227 g/mol. The van der Waals surface area contributed by atoms with E-state index in [-0.39, 0.29) is 5.95 Å². The molecule has 0 aliphatic carbocycles. The maximum Gasteiger partial charge on any atom is 0.222 e. The van der Waals surface area contributed by atoms with Crippen LogP contribution in [0.1, 0.15) is 20.3 Å². The fourth-order valence-electron chi connectivity index (χ4n) is 2.17. The van der Waals surface area contributed by atoms with Crippen LogP contribution in [0.4, 0.5) is 11.8 Å². The van der Waals surface area contributed by atoms with Gasteiger partial charge in [0.1, 0.15) is 5.02 Å². The van der Waals surface area contributed by atoms with Gasteiger partial charge in [0.2, 0.25) is 5.95 Å². The molecular formula is C10H15ClN4. The molecule has 2 N–H and O–H groups in total. The first-order valence-corrected chi connectivity index (χ1v) is 5.50. The number of anilines is 2. The molecule has 0 amide bonds. The van der Waals surface area contributed by atoms with Gasteiger partial charge in [-0.2, -0.15) is 4.98 Å². The Morgan fingerprint density at radius 1 is 1.53 bits per heavy atom. The Morgan fingerprint density at radius 3 is 2.87 bits per heavy atom. The summed E-state index contributed by atoms with van der Waals surface area (Å²) >= 11 is 6.07. The third kappa shape index (κ3) is 2.00. The molecule has 0 aromatic carbocycles. The molecule has 1 saturated heterocycles. The molecular weight excluding hydrogens is 212 g/mol. The van der Waals surface area contributed by atoms with Crippen LogP contribution in [-0.4, -0.2) is 22.6 Å². The van der Waals surface area contributed by atoms with E-state index in [2.05, 4.69) is 28.7 Å². The van der Waals surface area contributed by atoms with E-state index in [0.29, 0.717) is 17.0 Å². The largest absolute Gasteiger partial charge is 0.368 e. The summed E-state index contributed by atoms with van der Waals surface area (Å²) in [6.45, 7) is 5.39. The van der Waals surface area contributed by atoms with Crippen molar-refractivity contribution in [3.63, 3.8) is 0 Å². The molecule has 5 heteroatoms. The molecule has 82 valence electrons. The lowest BCUT2D eigenvalue weighted by atomic mass is 10.1. The summed E-state index contributed by atoms with van der Waals surface area (Å²) in [6, 6.07) is 0.465. The second-order valence-electron chi connectivity index (χ2n) is 4.24. The Bertz CT molecular complexity index is 368. The maximum absolute atomic E-state index is 6.07. The van der Waals surface area contributed by atoms with Gasteiger partial charge in [0.05, 0.1) is 6.20 Å². The SMILES string of the molecule is CC1CC(C)N(c2nc(N)ncc2Cl)C1. The van der Waals surface area contributed by atoms with Gasteiger partial charge in [-0.3, -0.25) is 0 Å². The highest BCUT2D eigenvalue weighted by Crippen LogP contribution is 2.31. The molecule has 2 atom stereocenters. The second kappa shape index (κ2) is 3.85. The molecule has 1 aliphatic heterocycles. The quantitative estimate of drug-likeness (QED) is 0.795. The minimum absolute atomic E-state index is 0.279. The first-order valence-electron chi connectivity index (χ1n) is 5.12. The van der Waals surface area contributed by atoms with Crippen LogP contribution in [0.25, 0.3) is 0 Å². The highest BCUT2D eigenvalue weighted by molar-refractivity contribution is 6.32. The lowest BCUT2D eigenvalue weighted by molar-refractivity contribution is 0.625. The van der Waals surface area contributed by atoms with E-state index >= 15 is 0 Å². The van der Waals surface area contributed by atoms with Crippen molar-refractivity contribution >= 4 is 23.4 Å². The molecule has 2 heterocycles. The minimum atomic E-state index is 0.279. The van der Waals surface area contributed by atoms with Crippen LogP contribution < -0.4 is 10.6 Å². The first kappa shape index (κ1) is 10.5. The number of nitrogen functional groups attached to an aromatic ring is 1. The van der Waals surface area contributed by atoms with E-state index < -0.39 is 0 Å². The van der Waals surface area contributed by atoms with Gasteiger partial charge in [-0.25, -0.2) is 4.98 Å². The van der Waals surface area contributed by atoms with Crippen molar-refractivity contribution in [1.82, 2.24) is 9.97 Å². The molecule has 0 spiro atoms. The minimum Gasteiger partial charge on any atom is -0.368 e. The number of nitrogens with two attached hydrogens (primary N) is 1. The molecule has 2 unspecified atom stereocenters. The summed E-state index contributed by atoms with van der Waals surface area (Å²) in [5.74, 6) is 1.72. The number of hydrogen-bond donors (Lipinski definition) is 1. The Labute approximate surface area is 94.5 Å². The summed E-state index contributed by atoms with van der Waals surface area (Å²) in [5.41, 5.74) is 5.57. The average Bonchev–Trinajstić information content (AvgIpc) is 2.50. The predicted octanol–water partition coefficient (Wildman–Crippen LogP) is 1.95. The summed E-state index contributed by atoms with van der Waals surface area (Å²) < 4.78 is 0. The zero-order chi connectivity index (χ0) is 11.0. The van der Waals surface area contributed by atoms with Gasteiger partial charge < -0.3 is 10.6 Å². The lowest BCUT2D eigenvalue weighted by Gasteiger charge is -2.23. The van der Waals surface area contributed by atoms with E-state index in [1.54, 1.807) is 6.20 Å². The van der Waals surface area contributed by atoms with E-state index in [9.17, 15) is 0 Å². The third-order valence-corrected chi connectivity index (χ3v) is 3.07. The summed E-state index contributed by atoms with van der Waals surface area (Å²) in [5, 5.41) is 0.574. The van der Waals surface area contributed by atoms with Crippen molar-refractivity contribution in [3.05, 3.63) is 11.2 Å². The summed E-state index contributed by atoms with van der Waals surface area (Å²) in [4.78, 5) is 10.3. The van der Waals surface area contributed by atoms with Gasteiger partial charge in [-0.1, -0.05) is 18.5 Å². The summed E-state index contributed by atoms with van der Waals surface area (Å²) in [6.07, 6.45) is 2.73. The van der Waals surface area contributed by atoms with Crippen LogP contribution in [0.3, 0.4) is 0 Å². The molecule has 1 fully saturated rings. The smallest absolute Gasteiger partial charge is 0.222 e. The van der Waals surface area contributed by atoms with Crippen molar-refractivity contribution in [2.45, 2.75) is 26.3 Å². The van der Waals surface area contributed by atoms with Gasteiger partial charge in [0.15, 0.2) is 5.82 Å². The molecule has 1 aromatic heterocycles. The second-order valence-corrected chi connectivity index (χ2v) is 4.65. The normalized spacial score (nSPS) is 25.9. The Kier molecular flexibility index (Phi) is 2.69. The molecule has 1 aromatic rings. The van der Waals surface area contributed by atoms with E-state index in [1.165, 1.54) is 6.42 Å². The fourth-order valence-corrected chi connectivity index (χ4v) is 2.37. The van der Waals surface area contributed by atoms with Crippen LogP contribution in [-0.2, 0) is 0 Å². The van der Waals surface area contributed by atoms with Crippen molar-refractivity contribution in [3.8, 4) is 0 Å². The number of halogens is 1. The maximum atomic E-state index is 6.07. The third-order valence-electron chi connectivity index (χ3n) is 2.80. The standard InChI is InChI=1S/C10H15ClN4/c1-6-3-7(2)15(5-6)9-8(11)4-13-10(12)14-9/h4,6-7H,3,5H2,1-2H3,(H2,12,13,14). The van der Waals surface area contributed by atoms with Gasteiger partial charge >= 0.3 is 0 Å². The van der Waals surface area contributed by atoms with Gasteiger partial charge in [0.25, 0.3) is 0 Å². The van der Waals surface area contributed by atoms with Crippen LogP contribution in [0.5, 0.6) is 0 Å². The molecule has 15 heavy (non-hydrogen) atoms. The van der Waals surface area contributed by atoms with Crippen molar-refractivity contribution in [2.24, 2.45) is 5.92 Å². The molecule has 0 radical (unpaired) electrons. The van der Waals surface area contributed by atoms with Crippen molar-refractivity contribution in [1.29, 1.82) is 0 Å². The first-order chi connectivity index (χ1) is 7.08. The van der Waals surface area contributed by atoms with Crippen LogP contribution in [0.15, 0.2) is 6.20 Å². The number of nitrogens with zero attached hydrogens (tertiary/aromatic N) is 3. The van der Waals surface area contributed by atoms with Gasteiger partial charge in [0, 0.05) is 12.6 Å². The molecule has 0 saturated carbocycles. The van der Waals surface area contributed by atoms with Crippen LogP contribution in [0, 0.1) is 5.92 Å². The number of hydrogen-bond acceptors (Lipinski definition) is 4. The van der Waals surface area contributed by atoms with Crippen molar-refractivity contribution < 1.29 is 0 Å². The fraction of sp³-hybridized carbons (Fsp3) is 0.600. The van der Waals surface area contributed by atoms with E-state index in [0.717, 1.165) is 12.4 Å². The molecule has 2 rings (SSSR count). The highest BCUT2D eigenvalue weighted by atomic mass is 35.5. The highest BCUT2D eigenvalue weighted by Gasteiger charge is 2.28. The van der Waals surface area contributed by atoms with Crippen molar-refractivity contribution in [2.75, 3.05) is 17.2 Å². The molecule has 0 bridgehead atoms. The van der Waals surface area contributed by atoms with E-state index in [4.69, 9.17) is 17.3 Å². The monoisotopic (exact) mass is 226 g/mol. The van der Waals surface area contributed by atoms with Crippen LogP contribution >= 0.6 is 11.6 Å². The zero-order valence-electron chi connectivity index (χ0n) is 8.94. The Balaban J connectivity index is 2.32. The number of aromatic nitrogens is 2. The van der Waals surface area contributed by atoms with E-state index in [1.807, 2.05) is 0 Å². The lowest BCUT2D eigenvalue weighted by Crippen LogP contribution is -2.28. The Hall–Kier alpha value is -1.03. The van der Waals surface area contributed by atoms with Gasteiger partial charge in [-0.15, -0.1) is 0 Å². The van der Waals surface area contributed by atoms with Gasteiger partial charge in [-0.05, 0) is 19.3 Å². The molecule has 4 nitrogen and oxygen atoms in total. The predicted molar refractivity (Wildman–Crippen MR) is 62.0 cm³/mol. The zero-order valence-corrected chi connectivity index (χ0v) is 9.70. The topological polar surface area (TPSA) is 55.0 Å². The summed E-state index contributed by atoms with van der Waals surface area (Å²) in [7, 11) is 0.